The number of ether oxygens (including phenoxy) is 5. The standard InChI is InChI=1S/C26H36ClN5O5.C23H30ClN5O5/c1-16(2)36-25(33)17-8-7-11-19(12-17)37-24-23(27)30-21(14-28-24)20-13-29-32(4)22(20)15-35-26(34)31(3)18-9-5-6-10-18;1-28(15-7-3-4-8-15)23(32)33-13-19-17(11-26-29(19)2)18-12-25-21(20(24)27-18)34-16-9-5-6-14(10-16)22(30)31/h13-14,16-19H,5-12,15H2,1-4H3;11-12,14-16H,3-10,13H2,1-2H3,(H,30,31)/t17-,19-;14-,16-/m00/s1. The van der Waals surface area contributed by atoms with E-state index in [4.69, 9.17) is 46.9 Å². The summed E-state index contributed by atoms with van der Waals surface area (Å²) < 4.78 is 31.7. The number of carboxylic acid groups (broad SMARTS) is 1. The third-order valence-corrected chi connectivity index (χ3v) is 14.4. The third kappa shape index (κ3) is 13.8. The number of carbonyl (C=O) groups excluding carboxylic acids is 3. The second kappa shape index (κ2) is 24.6. The van der Waals surface area contributed by atoms with E-state index in [-0.39, 0.29) is 89.7 Å². The van der Waals surface area contributed by atoms with Crippen LogP contribution in [0.15, 0.2) is 24.8 Å². The van der Waals surface area contributed by atoms with E-state index in [1.54, 1.807) is 65.9 Å². The predicted octanol–water partition coefficient (Wildman–Crippen LogP) is 8.99. The molecule has 20 nitrogen and oxygen atoms in total. The number of carbonyl (C=O) groups is 4. The fourth-order valence-electron chi connectivity index (χ4n) is 9.76. The van der Waals surface area contributed by atoms with Crippen molar-refractivity contribution in [3.63, 3.8) is 0 Å². The summed E-state index contributed by atoms with van der Waals surface area (Å²) in [6.45, 7) is 3.78. The molecular weight excluding hydrogens is 960 g/mol. The van der Waals surface area contributed by atoms with Crippen molar-refractivity contribution in [3.8, 4) is 34.3 Å². The normalized spacial score (nSPS) is 20.5. The first-order chi connectivity index (χ1) is 34.1. The van der Waals surface area contributed by atoms with Crippen LogP contribution in [0, 0.1) is 11.8 Å². The number of carboxylic acids is 1. The minimum atomic E-state index is -0.805. The maximum absolute atomic E-state index is 12.6. The number of nitrogens with zero attached hydrogens (tertiary/aromatic N) is 10. The van der Waals surface area contributed by atoms with Crippen molar-refractivity contribution in [3.05, 3.63) is 46.5 Å². The maximum Gasteiger partial charge on any atom is 0.410 e. The Kier molecular flexibility index (Phi) is 18.4. The third-order valence-electron chi connectivity index (χ3n) is 13.9. The van der Waals surface area contributed by atoms with E-state index in [1.807, 2.05) is 13.8 Å². The van der Waals surface area contributed by atoms with Crippen molar-refractivity contribution in [2.45, 2.75) is 160 Å². The van der Waals surface area contributed by atoms with E-state index in [0.717, 1.165) is 83.5 Å². The Hall–Kier alpha value is -5.76. The van der Waals surface area contributed by atoms with Crippen LogP contribution >= 0.6 is 23.2 Å². The van der Waals surface area contributed by atoms with Gasteiger partial charge in [-0.3, -0.25) is 19.0 Å². The zero-order valence-electron chi connectivity index (χ0n) is 41.4. The summed E-state index contributed by atoms with van der Waals surface area (Å²) in [5, 5.41) is 18.1. The number of hydrogen-bond acceptors (Lipinski definition) is 15. The Morgan fingerprint density at radius 3 is 1.48 bits per heavy atom. The molecule has 0 bridgehead atoms. The minimum absolute atomic E-state index is 0.0396. The summed E-state index contributed by atoms with van der Waals surface area (Å²) in [7, 11) is 7.11. The molecule has 4 aliphatic carbocycles. The average Bonchev–Trinajstić information content (AvgIpc) is 4.21. The van der Waals surface area contributed by atoms with Gasteiger partial charge in [-0.2, -0.15) is 10.2 Å². The summed E-state index contributed by atoms with van der Waals surface area (Å²) in [5.74, 6) is -1.20. The summed E-state index contributed by atoms with van der Waals surface area (Å²) >= 11 is 12.8. The molecule has 22 heteroatoms. The van der Waals surface area contributed by atoms with Crippen LogP contribution in [0.1, 0.15) is 128 Å². The first kappa shape index (κ1) is 53.0. The molecule has 4 aliphatic rings. The lowest BCUT2D eigenvalue weighted by Crippen LogP contribution is -2.35. The van der Waals surface area contributed by atoms with E-state index in [9.17, 15) is 24.3 Å². The Bertz CT molecular complexity index is 2480. The van der Waals surface area contributed by atoms with Gasteiger partial charge in [0.25, 0.3) is 11.8 Å². The van der Waals surface area contributed by atoms with Gasteiger partial charge in [-0.05, 0) is 90.9 Å². The molecule has 0 radical (unpaired) electrons. The quantitative estimate of drug-likeness (QED) is 0.0865. The second-order valence-electron chi connectivity index (χ2n) is 19.2. The number of aliphatic carboxylic acids is 1. The molecule has 4 aromatic heterocycles. The van der Waals surface area contributed by atoms with Crippen molar-refractivity contribution in [1.82, 2.24) is 49.3 Å². The topological polar surface area (TPSA) is 228 Å². The maximum atomic E-state index is 12.6. The number of halogens is 2. The molecule has 0 aromatic carbocycles. The predicted molar refractivity (Wildman–Crippen MR) is 261 cm³/mol. The SMILES string of the molecule is CC(C)OC(=O)[C@H]1CCC[C@H](Oc2ncc(-c3cnn(C)c3COC(=O)N(C)C3CCCC3)nc2Cl)C1.CN(C(=O)OCc1c(-c2cnc(O[C@H]3CCC[C@H](C(=O)O)C3)c(Cl)n2)cnn1C)C1CCCC1. The van der Waals surface area contributed by atoms with Gasteiger partial charge in [0.1, 0.15) is 25.4 Å². The fraction of sp³-hybridized carbons (Fsp3) is 0.633. The first-order valence-electron chi connectivity index (χ1n) is 24.7. The molecule has 0 unspecified atom stereocenters. The van der Waals surface area contributed by atoms with Gasteiger partial charge in [-0.1, -0.05) is 48.9 Å². The molecule has 0 aliphatic heterocycles. The van der Waals surface area contributed by atoms with Crippen LogP contribution < -0.4 is 9.47 Å². The molecule has 71 heavy (non-hydrogen) atoms. The average molecular weight is 1030 g/mol. The number of aryl methyl sites for hydroxylation is 2. The lowest BCUT2D eigenvalue weighted by molar-refractivity contribution is -0.154. The zero-order valence-corrected chi connectivity index (χ0v) is 42.9. The summed E-state index contributed by atoms with van der Waals surface area (Å²) in [5.41, 5.74) is 3.67. The number of aromatic nitrogens is 8. The molecule has 4 aromatic rings. The van der Waals surface area contributed by atoms with Gasteiger partial charge < -0.3 is 38.6 Å². The highest BCUT2D eigenvalue weighted by molar-refractivity contribution is 6.31. The largest absolute Gasteiger partial charge is 0.481 e. The molecule has 0 saturated heterocycles. The van der Waals surface area contributed by atoms with Crippen LogP contribution in [0.4, 0.5) is 9.59 Å². The number of hydrogen-bond donors (Lipinski definition) is 1. The van der Waals surface area contributed by atoms with Gasteiger partial charge >= 0.3 is 24.1 Å². The lowest BCUT2D eigenvalue weighted by Gasteiger charge is -2.28. The van der Waals surface area contributed by atoms with Gasteiger partial charge in [0.05, 0.1) is 65.5 Å². The van der Waals surface area contributed by atoms with Crippen LogP contribution in [-0.2, 0) is 51.1 Å². The molecule has 1 N–H and O–H groups in total. The second-order valence-corrected chi connectivity index (χ2v) is 19.9. The van der Waals surface area contributed by atoms with E-state index in [1.165, 1.54) is 6.20 Å². The monoisotopic (exact) mass is 1020 g/mol. The van der Waals surface area contributed by atoms with E-state index in [2.05, 4.69) is 30.1 Å². The summed E-state index contributed by atoms with van der Waals surface area (Å²) in [6, 6.07) is 0.460. The Labute approximate surface area is 424 Å². The molecule has 4 atom stereocenters. The van der Waals surface area contributed by atoms with Gasteiger partial charge in [0.15, 0.2) is 10.3 Å². The van der Waals surface area contributed by atoms with Gasteiger partial charge in [0, 0.05) is 51.4 Å². The minimum Gasteiger partial charge on any atom is -0.481 e. The Morgan fingerprint density at radius 2 is 1.07 bits per heavy atom. The van der Waals surface area contributed by atoms with Gasteiger partial charge in [0.2, 0.25) is 0 Å². The van der Waals surface area contributed by atoms with Crippen LogP contribution in [0.5, 0.6) is 11.8 Å². The van der Waals surface area contributed by atoms with Crippen molar-refractivity contribution in [2.75, 3.05) is 14.1 Å². The molecule has 2 amide bonds. The van der Waals surface area contributed by atoms with Crippen LogP contribution in [-0.4, -0.2) is 123 Å². The van der Waals surface area contributed by atoms with Crippen LogP contribution in [0.3, 0.4) is 0 Å². The number of rotatable bonds is 15. The van der Waals surface area contributed by atoms with E-state index < -0.39 is 11.9 Å². The molecular formula is C49H66Cl2N10O10. The van der Waals surface area contributed by atoms with Crippen LogP contribution in [0.25, 0.3) is 22.5 Å². The molecule has 4 fully saturated rings. The molecule has 8 rings (SSSR count). The molecule has 0 spiro atoms. The van der Waals surface area contributed by atoms with Crippen LogP contribution in [0.2, 0.25) is 10.3 Å². The molecule has 386 valence electrons. The highest BCUT2D eigenvalue weighted by atomic mass is 35.5. The summed E-state index contributed by atoms with van der Waals surface area (Å²) in [6.07, 6.45) is 19.2. The molecule has 4 heterocycles. The van der Waals surface area contributed by atoms with Gasteiger partial charge in [-0.15, -0.1) is 0 Å². The Morgan fingerprint density at radius 1 is 0.648 bits per heavy atom. The molecule has 4 saturated carbocycles. The highest BCUT2D eigenvalue weighted by Crippen LogP contribution is 2.34. The van der Waals surface area contributed by atoms with Gasteiger partial charge in [-0.25, -0.2) is 29.5 Å². The lowest BCUT2D eigenvalue weighted by atomic mass is 9.87. The van der Waals surface area contributed by atoms with Crippen molar-refractivity contribution >= 4 is 47.3 Å². The fourth-order valence-corrected chi connectivity index (χ4v) is 10.1. The smallest absolute Gasteiger partial charge is 0.410 e. The van der Waals surface area contributed by atoms with Crippen molar-refractivity contribution in [2.24, 2.45) is 25.9 Å². The summed E-state index contributed by atoms with van der Waals surface area (Å²) in [4.78, 5) is 69.7. The number of amides is 2. The van der Waals surface area contributed by atoms with Crippen molar-refractivity contribution < 1.29 is 48.0 Å². The van der Waals surface area contributed by atoms with E-state index in [0.29, 0.717) is 53.2 Å². The number of esters is 1. The first-order valence-corrected chi connectivity index (χ1v) is 25.4. The Balaban J connectivity index is 0.000000209. The highest BCUT2D eigenvalue weighted by Gasteiger charge is 2.33. The van der Waals surface area contributed by atoms with Crippen molar-refractivity contribution in [1.29, 1.82) is 0 Å². The zero-order chi connectivity index (χ0) is 50.8. The van der Waals surface area contributed by atoms with E-state index >= 15 is 0 Å².